The number of anilines is 1. The predicted octanol–water partition coefficient (Wildman–Crippen LogP) is 5.75. The molecule has 2 aromatic rings. The zero-order valence-corrected chi connectivity index (χ0v) is 16.0. The van der Waals surface area contributed by atoms with Crippen molar-refractivity contribution in [3.05, 3.63) is 69.1 Å². The monoisotopic (exact) mass is 373 g/mol. The molecular weight excluding hydrogens is 358 g/mol. The first-order chi connectivity index (χ1) is 11.4. The Bertz CT molecular complexity index is 871. The minimum Gasteiger partial charge on any atom is -0.268 e. The summed E-state index contributed by atoms with van der Waals surface area (Å²) in [7, 11) is 0. The molecule has 0 bridgehead atoms. The van der Waals surface area contributed by atoms with Gasteiger partial charge in [0.1, 0.15) is 0 Å². The van der Waals surface area contributed by atoms with Crippen molar-refractivity contribution in [2.75, 3.05) is 4.90 Å². The normalized spacial score (nSPS) is 16.8. The Balaban J connectivity index is 2.04. The topological polar surface area (TPSA) is 20.3 Å². The number of halogens is 1. The third-order valence-electron chi connectivity index (χ3n) is 3.99. The van der Waals surface area contributed by atoms with E-state index in [0.29, 0.717) is 14.2 Å². The summed E-state index contributed by atoms with van der Waals surface area (Å²) in [6.07, 6.45) is 0. The van der Waals surface area contributed by atoms with Gasteiger partial charge < -0.3 is 0 Å². The van der Waals surface area contributed by atoms with Crippen molar-refractivity contribution in [2.45, 2.75) is 20.8 Å². The standard InChI is InChI=1S/C19H16ClNOS2/c1-11-4-5-12(2)16(10-11)21-18(22)17(24-19(21)23)13(3)14-6-8-15(20)9-7-14/h4-10H,1-3H3/b17-13-. The predicted molar refractivity (Wildman–Crippen MR) is 108 cm³/mol. The Morgan fingerprint density at radius 2 is 1.79 bits per heavy atom. The molecule has 0 aromatic heterocycles. The number of allylic oxidation sites excluding steroid dienone is 1. The molecule has 2 aromatic carbocycles. The van der Waals surface area contributed by atoms with Crippen molar-refractivity contribution >= 4 is 57.1 Å². The van der Waals surface area contributed by atoms with Gasteiger partial charge in [0.15, 0.2) is 4.32 Å². The minimum atomic E-state index is -0.0637. The number of amides is 1. The highest BCUT2D eigenvalue weighted by Crippen LogP contribution is 2.40. The van der Waals surface area contributed by atoms with Crippen LogP contribution in [-0.2, 0) is 4.79 Å². The van der Waals surface area contributed by atoms with Crippen molar-refractivity contribution in [2.24, 2.45) is 0 Å². The second-order valence-electron chi connectivity index (χ2n) is 5.76. The van der Waals surface area contributed by atoms with Crippen molar-refractivity contribution in [3.8, 4) is 0 Å². The van der Waals surface area contributed by atoms with E-state index in [1.807, 2.05) is 63.2 Å². The third-order valence-corrected chi connectivity index (χ3v) is 5.72. The largest absolute Gasteiger partial charge is 0.271 e. The quantitative estimate of drug-likeness (QED) is 0.493. The lowest BCUT2D eigenvalue weighted by Crippen LogP contribution is -2.28. The number of carbonyl (C=O) groups is 1. The Hall–Kier alpha value is -1.62. The molecule has 0 radical (unpaired) electrons. The van der Waals surface area contributed by atoms with Gasteiger partial charge in [-0.2, -0.15) is 0 Å². The number of nitrogens with zero attached hydrogens (tertiary/aromatic N) is 1. The molecule has 1 heterocycles. The Labute approximate surface area is 156 Å². The first-order valence-electron chi connectivity index (χ1n) is 7.49. The lowest BCUT2D eigenvalue weighted by molar-refractivity contribution is -0.113. The molecular formula is C19H16ClNOS2. The molecule has 2 nitrogen and oxygen atoms in total. The van der Waals surface area contributed by atoms with Gasteiger partial charge in [0.2, 0.25) is 0 Å². The maximum atomic E-state index is 13.0. The van der Waals surface area contributed by atoms with Crippen LogP contribution >= 0.6 is 35.6 Å². The van der Waals surface area contributed by atoms with Crippen LogP contribution in [-0.4, -0.2) is 10.2 Å². The van der Waals surface area contributed by atoms with E-state index in [9.17, 15) is 4.79 Å². The van der Waals surface area contributed by atoms with Gasteiger partial charge in [-0.15, -0.1) is 0 Å². The maximum absolute atomic E-state index is 13.0. The first kappa shape index (κ1) is 17.2. The minimum absolute atomic E-state index is 0.0637. The average molecular weight is 374 g/mol. The molecule has 0 unspecified atom stereocenters. The maximum Gasteiger partial charge on any atom is 0.271 e. The van der Waals surface area contributed by atoms with Crippen LogP contribution in [0.4, 0.5) is 5.69 Å². The smallest absolute Gasteiger partial charge is 0.268 e. The Morgan fingerprint density at radius 3 is 2.46 bits per heavy atom. The van der Waals surface area contributed by atoms with E-state index in [4.69, 9.17) is 23.8 Å². The second-order valence-corrected chi connectivity index (χ2v) is 7.84. The van der Waals surface area contributed by atoms with E-state index in [1.165, 1.54) is 11.8 Å². The Morgan fingerprint density at radius 1 is 1.12 bits per heavy atom. The molecule has 1 aliphatic heterocycles. The van der Waals surface area contributed by atoms with Gasteiger partial charge in [0.05, 0.1) is 10.6 Å². The first-order valence-corrected chi connectivity index (χ1v) is 9.09. The summed E-state index contributed by atoms with van der Waals surface area (Å²) < 4.78 is 0.567. The second kappa shape index (κ2) is 6.71. The molecule has 122 valence electrons. The van der Waals surface area contributed by atoms with Crippen LogP contribution in [0, 0.1) is 13.8 Å². The van der Waals surface area contributed by atoms with Gasteiger partial charge in [0.25, 0.3) is 5.91 Å². The number of rotatable bonds is 2. The molecule has 5 heteroatoms. The summed E-state index contributed by atoms with van der Waals surface area (Å²) in [5.74, 6) is -0.0637. The van der Waals surface area contributed by atoms with Crippen LogP contribution in [0.15, 0.2) is 47.4 Å². The molecule has 0 aliphatic carbocycles. The van der Waals surface area contributed by atoms with E-state index in [1.54, 1.807) is 4.90 Å². The molecule has 3 rings (SSSR count). The zero-order chi connectivity index (χ0) is 17.4. The number of thiocarbonyl (C=S) groups is 1. The van der Waals surface area contributed by atoms with Crippen molar-refractivity contribution < 1.29 is 4.79 Å². The summed E-state index contributed by atoms with van der Waals surface area (Å²) in [6.45, 7) is 5.94. The van der Waals surface area contributed by atoms with Crippen molar-refractivity contribution in [1.29, 1.82) is 0 Å². The molecule has 1 saturated heterocycles. The number of benzene rings is 2. The molecule has 0 N–H and O–H groups in total. The number of aryl methyl sites for hydroxylation is 2. The lowest BCUT2D eigenvalue weighted by Gasteiger charge is -2.18. The fourth-order valence-electron chi connectivity index (χ4n) is 2.60. The van der Waals surface area contributed by atoms with Crippen LogP contribution in [0.3, 0.4) is 0 Å². The summed E-state index contributed by atoms with van der Waals surface area (Å²) in [6, 6.07) is 13.5. The SMILES string of the molecule is C/C(=C1/SC(=S)N(c2cc(C)ccc2C)C1=O)c1ccc(Cl)cc1. The van der Waals surface area contributed by atoms with Gasteiger partial charge in [-0.05, 0) is 61.2 Å². The summed E-state index contributed by atoms with van der Waals surface area (Å²) in [5.41, 5.74) is 4.87. The average Bonchev–Trinajstić information content (AvgIpc) is 2.84. The van der Waals surface area contributed by atoms with Crippen LogP contribution in [0.1, 0.15) is 23.6 Å². The van der Waals surface area contributed by atoms with Gasteiger partial charge in [-0.1, -0.05) is 59.8 Å². The zero-order valence-electron chi connectivity index (χ0n) is 13.6. The van der Waals surface area contributed by atoms with Gasteiger partial charge >= 0.3 is 0 Å². The number of hydrogen-bond acceptors (Lipinski definition) is 3. The number of hydrogen-bond donors (Lipinski definition) is 0. The lowest BCUT2D eigenvalue weighted by atomic mass is 10.1. The molecule has 24 heavy (non-hydrogen) atoms. The van der Waals surface area contributed by atoms with Gasteiger partial charge in [-0.3, -0.25) is 9.69 Å². The molecule has 1 aliphatic rings. The summed E-state index contributed by atoms with van der Waals surface area (Å²) >= 11 is 12.8. The molecule has 0 saturated carbocycles. The highest BCUT2D eigenvalue weighted by molar-refractivity contribution is 8.27. The fraction of sp³-hybridized carbons (Fsp3) is 0.158. The van der Waals surface area contributed by atoms with Crippen LogP contribution < -0.4 is 4.90 Å². The van der Waals surface area contributed by atoms with Gasteiger partial charge in [-0.25, -0.2) is 0 Å². The van der Waals surface area contributed by atoms with E-state index < -0.39 is 0 Å². The van der Waals surface area contributed by atoms with Crippen LogP contribution in [0.25, 0.3) is 5.57 Å². The van der Waals surface area contributed by atoms with E-state index in [0.717, 1.165) is 28.0 Å². The molecule has 1 amide bonds. The highest BCUT2D eigenvalue weighted by Gasteiger charge is 2.35. The third kappa shape index (κ3) is 3.14. The fourth-order valence-corrected chi connectivity index (χ4v) is 4.05. The number of carbonyl (C=O) groups excluding carboxylic acids is 1. The van der Waals surface area contributed by atoms with E-state index in [-0.39, 0.29) is 5.91 Å². The van der Waals surface area contributed by atoms with E-state index >= 15 is 0 Å². The Kier molecular flexibility index (Phi) is 4.81. The molecule has 1 fully saturated rings. The van der Waals surface area contributed by atoms with E-state index in [2.05, 4.69) is 0 Å². The molecule has 0 atom stereocenters. The summed E-state index contributed by atoms with van der Waals surface area (Å²) in [4.78, 5) is 15.3. The van der Waals surface area contributed by atoms with Crippen LogP contribution in [0.2, 0.25) is 5.02 Å². The van der Waals surface area contributed by atoms with Crippen LogP contribution in [0.5, 0.6) is 0 Å². The van der Waals surface area contributed by atoms with Crippen molar-refractivity contribution in [3.63, 3.8) is 0 Å². The van der Waals surface area contributed by atoms with Gasteiger partial charge in [0, 0.05) is 5.02 Å². The van der Waals surface area contributed by atoms with Crippen molar-refractivity contribution in [1.82, 2.24) is 0 Å². The number of thioether (sulfide) groups is 1. The molecule has 0 spiro atoms. The highest BCUT2D eigenvalue weighted by atomic mass is 35.5. The summed E-state index contributed by atoms with van der Waals surface area (Å²) in [5, 5.41) is 0.675.